The van der Waals surface area contributed by atoms with E-state index < -0.39 is 0 Å². The molecule has 0 aromatic heterocycles. The van der Waals surface area contributed by atoms with Crippen LogP contribution in [0.1, 0.15) is 37.8 Å². The zero-order chi connectivity index (χ0) is 12.0. The van der Waals surface area contributed by atoms with Crippen LogP contribution in [0.5, 0.6) is 5.75 Å². The molecule has 0 saturated carbocycles. The molecule has 86 valence electrons. The van der Waals surface area contributed by atoms with Gasteiger partial charge in [-0.3, -0.25) is 0 Å². The summed E-state index contributed by atoms with van der Waals surface area (Å²) in [5.41, 5.74) is 1.72. The van der Waals surface area contributed by atoms with Crippen molar-refractivity contribution in [2.45, 2.75) is 33.6 Å². The molecular weight excluding hydrogens is 198 g/mol. The van der Waals surface area contributed by atoms with E-state index in [2.05, 4.69) is 19.9 Å². The smallest absolute Gasteiger partial charge is 0.137 e. The molecule has 16 heavy (non-hydrogen) atoms. The molecule has 1 aromatic rings. The van der Waals surface area contributed by atoms with Crippen molar-refractivity contribution < 1.29 is 4.74 Å². The molecule has 0 N–H and O–H groups in total. The van der Waals surface area contributed by atoms with Gasteiger partial charge in [0.1, 0.15) is 11.8 Å². The predicted molar refractivity (Wildman–Crippen MR) is 65.5 cm³/mol. The zero-order valence-corrected chi connectivity index (χ0v) is 10.3. The van der Waals surface area contributed by atoms with E-state index in [1.54, 1.807) is 0 Å². The molecule has 0 aliphatic carbocycles. The van der Waals surface area contributed by atoms with E-state index in [0.717, 1.165) is 12.0 Å². The Morgan fingerprint density at radius 2 is 2.19 bits per heavy atom. The van der Waals surface area contributed by atoms with E-state index in [1.165, 1.54) is 6.42 Å². The fraction of sp³-hybridized carbons (Fsp3) is 0.500. The second-order valence-corrected chi connectivity index (χ2v) is 4.32. The second kappa shape index (κ2) is 6.17. The normalized spacial score (nSPS) is 11.9. The van der Waals surface area contributed by atoms with Crippen molar-refractivity contribution in [1.82, 2.24) is 0 Å². The molecule has 0 spiro atoms. The van der Waals surface area contributed by atoms with Gasteiger partial charge >= 0.3 is 0 Å². The van der Waals surface area contributed by atoms with E-state index in [1.807, 2.05) is 25.1 Å². The van der Waals surface area contributed by atoms with Gasteiger partial charge in [0.2, 0.25) is 0 Å². The van der Waals surface area contributed by atoms with Crippen LogP contribution in [0.3, 0.4) is 0 Å². The third-order valence-corrected chi connectivity index (χ3v) is 2.56. The highest BCUT2D eigenvalue weighted by Crippen LogP contribution is 2.20. The number of benzene rings is 1. The van der Waals surface area contributed by atoms with Gasteiger partial charge in [0.15, 0.2) is 0 Å². The van der Waals surface area contributed by atoms with Crippen molar-refractivity contribution in [3.05, 3.63) is 29.3 Å². The van der Waals surface area contributed by atoms with Crippen LogP contribution >= 0.6 is 0 Å². The van der Waals surface area contributed by atoms with Gasteiger partial charge in [-0.05, 0) is 37.0 Å². The molecule has 1 atom stereocenters. The Morgan fingerprint density at radius 1 is 1.44 bits per heavy atom. The van der Waals surface area contributed by atoms with Crippen LogP contribution in [0.4, 0.5) is 0 Å². The number of nitriles is 1. The van der Waals surface area contributed by atoms with Crippen LogP contribution in [-0.4, -0.2) is 6.61 Å². The minimum atomic E-state index is 0.540. The monoisotopic (exact) mass is 217 g/mol. The molecule has 1 rings (SSSR count). The molecule has 2 heteroatoms. The summed E-state index contributed by atoms with van der Waals surface area (Å²) >= 11 is 0. The maximum Gasteiger partial charge on any atom is 0.137 e. The number of aryl methyl sites for hydroxylation is 1. The van der Waals surface area contributed by atoms with Crippen molar-refractivity contribution in [1.29, 1.82) is 5.26 Å². The summed E-state index contributed by atoms with van der Waals surface area (Å²) in [7, 11) is 0. The van der Waals surface area contributed by atoms with Crippen molar-refractivity contribution in [3.63, 3.8) is 0 Å². The fourth-order valence-electron chi connectivity index (χ4n) is 1.67. The lowest BCUT2D eigenvalue weighted by Crippen LogP contribution is -2.08. The Labute approximate surface area is 97.9 Å². The maximum absolute atomic E-state index is 8.98. The lowest BCUT2D eigenvalue weighted by Gasteiger charge is -2.13. The van der Waals surface area contributed by atoms with Crippen LogP contribution in [0.2, 0.25) is 0 Å². The third kappa shape index (κ3) is 3.58. The van der Waals surface area contributed by atoms with Gasteiger partial charge in [-0.25, -0.2) is 0 Å². The lowest BCUT2D eigenvalue weighted by atomic mass is 10.1. The fourth-order valence-corrected chi connectivity index (χ4v) is 1.67. The number of hydrogen-bond donors (Lipinski definition) is 0. The highest BCUT2D eigenvalue weighted by Gasteiger charge is 2.06. The molecule has 0 aliphatic rings. The van der Waals surface area contributed by atoms with Gasteiger partial charge in [-0.1, -0.05) is 26.3 Å². The SMILES string of the molecule is CCCC(C)COc1ccc(C)cc1C#N. The summed E-state index contributed by atoms with van der Waals surface area (Å²) in [5, 5.41) is 8.98. The summed E-state index contributed by atoms with van der Waals surface area (Å²) < 4.78 is 5.67. The molecule has 0 heterocycles. The molecule has 1 aromatic carbocycles. The van der Waals surface area contributed by atoms with Crippen molar-refractivity contribution in [2.24, 2.45) is 5.92 Å². The van der Waals surface area contributed by atoms with Crippen LogP contribution in [0, 0.1) is 24.2 Å². The summed E-state index contributed by atoms with van der Waals surface area (Å²) in [4.78, 5) is 0. The maximum atomic E-state index is 8.98. The van der Waals surface area contributed by atoms with Gasteiger partial charge in [-0.2, -0.15) is 5.26 Å². The van der Waals surface area contributed by atoms with Crippen molar-refractivity contribution >= 4 is 0 Å². The average Bonchev–Trinajstić information content (AvgIpc) is 2.27. The number of ether oxygens (including phenoxy) is 1. The first-order valence-corrected chi connectivity index (χ1v) is 5.81. The Kier molecular flexibility index (Phi) is 4.85. The molecule has 2 nitrogen and oxygen atoms in total. The summed E-state index contributed by atoms with van der Waals surface area (Å²) in [6.07, 6.45) is 2.33. The van der Waals surface area contributed by atoms with Gasteiger partial charge in [-0.15, -0.1) is 0 Å². The number of nitrogens with zero attached hydrogens (tertiary/aromatic N) is 1. The van der Waals surface area contributed by atoms with Gasteiger partial charge in [0.05, 0.1) is 12.2 Å². The van der Waals surface area contributed by atoms with Crippen LogP contribution in [0.25, 0.3) is 0 Å². The van der Waals surface area contributed by atoms with E-state index in [9.17, 15) is 0 Å². The average molecular weight is 217 g/mol. The van der Waals surface area contributed by atoms with Crippen molar-refractivity contribution in [2.75, 3.05) is 6.61 Å². The van der Waals surface area contributed by atoms with E-state index in [4.69, 9.17) is 10.00 Å². The lowest BCUT2D eigenvalue weighted by molar-refractivity contribution is 0.251. The first kappa shape index (κ1) is 12.6. The molecule has 0 radical (unpaired) electrons. The molecular formula is C14H19NO. The Balaban J connectivity index is 2.64. The molecule has 0 aliphatic heterocycles. The van der Waals surface area contributed by atoms with E-state index in [0.29, 0.717) is 23.8 Å². The van der Waals surface area contributed by atoms with Gasteiger partial charge in [0, 0.05) is 0 Å². The molecule has 0 saturated heterocycles. The van der Waals surface area contributed by atoms with Crippen LogP contribution < -0.4 is 4.74 Å². The Hall–Kier alpha value is -1.49. The summed E-state index contributed by atoms with van der Waals surface area (Å²) in [6, 6.07) is 7.88. The van der Waals surface area contributed by atoms with Crippen molar-refractivity contribution in [3.8, 4) is 11.8 Å². The molecule has 0 bridgehead atoms. The highest BCUT2D eigenvalue weighted by atomic mass is 16.5. The van der Waals surface area contributed by atoms with Crippen LogP contribution in [0.15, 0.2) is 18.2 Å². The van der Waals surface area contributed by atoms with E-state index >= 15 is 0 Å². The second-order valence-electron chi connectivity index (χ2n) is 4.32. The molecule has 0 fully saturated rings. The Bertz CT molecular complexity index is 379. The molecule has 1 unspecified atom stereocenters. The first-order valence-electron chi connectivity index (χ1n) is 5.81. The molecule has 0 amide bonds. The Morgan fingerprint density at radius 3 is 2.81 bits per heavy atom. The van der Waals surface area contributed by atoms with E-state index in [-0.39, 0.29) is 0 Å². The standard InChI is InChI=1S/C14H19NO/c1-4-5-12(3)10-16-14-7-6-11(2)8-13(14)9-15/h6-8,12H,4-5,10H2,1-3H3. The quantitative estimate of drug-likeness (QED) is 0.753. The number of hydrogen-bond acceptors (Lipinski definition) is 2. The van der Waals surface area contributed by atoms with Gasteiger partial charge in [0.25, 0.3) is 0 Å². The predicted octanol–water partition coefficient (Wildman–Crippen LogP) is 3.68. The number of rotatable bonds is 5. The van der Waals surface area contributed by atoms with Gasteiger partial charge < -0.3 is 4.74 Å². The minimum Gasteiger partial charge on any atom is -0.492 e. The highest BCUT2D eigenvalue weighted by molar-refractivity contribution is 5.45. The topological polar surface area (TPSA) is 33.0 Å². The largest absolute Gasteiger partial charge is 0.492 e. The zero-order valence-electron chi connectivity index (χ0n) is 10.3. The third-order valence-electron chi connectivity index (χ3n) is 2.56. The van der Waals surface area contributed by atoms with Crippen LogP contribution in [-0.2, 0) is 0 Å². The summed E-state index contributed by atoms with van der Waals surface area (Å²) in [6.45, 7) is 7.00. The summed E-state index contributed by atoms with van der Waals surface area (Å²) in [5.74, 6) is 1.24. The first-order chi connectivity index (χ1) is 7.67. The minimum absolute atomic E-state index is 0.540.